The highest BCUT2D eigenvalue weighted by molar-refractivity contribution is 7.12. The van der Waals surface area contributed by atoms with Crippen LogP contribution >= 0.6 is 11.3 Å². The number of para-hydroxylation sites is 1. The normalized spacial score (nSPS) is 10.4. The quantitative estimate of drug-likeness (QED) is 0.882. The van der Waals surface area contributed by atoms with Crippen LogP contribution in [0.25, 0.3) is 0 Å². The van der Waals surface area contributed by atoms with Gasteiger partial charge in [-0.2, -0.15) is 0 Å². The highest BCUT2D eigenvalue weighted by Gasteiger charge is 2.13. The Labute approximate surface area is 116 Å². The number of thiazole rings is 1. The zero-order valence-electron chi connectivity index (χ0n) is 11.1. The van der Waals surface area contributed by atoms with Crippen LogP contribution in [0.4, 0.5) is 5.69 Å². The number of rotatable bonds is 5. The molecule has 0 unspecified atom stereocenters. The summed E-state index contributed by atoms with van der Waals surface area (Å²) in [5.74, 6) is -0.0936. The van der Waals surface area contributed by atoms with Crippen molar-refractivity contribution in [1.29, 1.82) is 0 Å². The summed E-state index contributed by atoms with van der Waals surface area (Å²) in [7, 11) is 0. The maximum atomic E-state index is 12.2. The highest BCUT2D eigenvalue weighted by atomic mass is 32.1. The number of benzene rings is 1. The third-order valence-electron chi connectivity index (χ3n) is 2.78. The Morgan fingerprint density at radius 1 is 1.37 bits per heavy atom. The fraction of sp³-hybridized carbons (Fsp3) is 0.286. The van der Waals surface area contributed by atoms with Crippen molar-refractivity contribution >= 4 is 22.9 Å². The Balaban J connectivity index is 2.15. The summed E-state index contributed by atoms with van der Waals surface area (Å²) >= 11 is 1.36. The van der Waals surface area contributed by atoms with E-state index >= 15 is 0 Å². The van der Waals surface area contributed by atoms with Crippen LogP contribution in [0.3, 0.4) is 0 Å². The van der Waals surface area contributed by atoms with Crippen LogP contribution in [0, 0.1) is 6.92 Å². The number of carbonyl (C=O) groups is 1. The van der Waals surface area contributed by atoms with Gasteiger partial charge in [0.25, 0.3) is 5.91 Å². The SMILES string of the molecule is CCNCc1ccccc1NC(=O)c1scnc1C. The minimum absolute atomic E-state index is 0.0936. The topological polar surface area (TPSA) is 54.0 Å². The molecule has 0 aliphatic rings. The lowest BCUT2D eigenvalue weighted by Crippen LogP contribution is -2.17. The van der Waals surface area contributed by atoms with E-state index < -0.39 is 0 Å². The first-order chi connectivity index (χ1) is 9.22. The van der Waals surface area contributed by atoms with Crippen molar-refractivity contribution in [1.82, 2.24) is 10.3 Å². The molecule has 1 amide bonds. The summed E-state index contributed by atoms with van der Waals surface area (Å²) in [6.45, 7) is 5.54. The van der Waals surface area contributed by atoms with Crippen LogP contribution in [0.15, 0.2) is 29.8 Å². The molecule has 1 aromatic heterocycles. The van der Waals surface area contributed by atoms with Crippen molar-refractivity contribution < 1.29 is 4.79 Å². The average molecular weight is 275 g/mol. The molecule has 0 aliphatic heterocycles. The molecule has 1 heterocycles. The molecular formula is C14H17N3OS. The van der Waals surface area contributed by atoms with Crippen molar-refractivity contribution in [2.75, 3.05) is 11.9 Å². The van der Waals surface area contributed by atoms with Crippen LogP contribution in [-0.2, 0) is 6.54 Å². The predicted molar refractivity (Wildman–Crippen MR) is 78.6 cm³/mol. The number of nitrogens with one attached hydrogen (secondary N) is 2. The molecular weight excluding hydrogens is 258 g/mol. The fourth-order valence-corrected chi connectivity index (χ4v) is 2.45. The third kappa shape index (κ3) is 3.39. The summed E-state index contributed by atoms with van der Waals surface area (Å²) in [6.07, 6.45) is 0. The standard InChI is InChI=1S/C14H17N3OS/c1-3-15-8-11-6-4-5-7-12(11)17-14(18)13-10(2)16-9-19-13/h4-7,9,15H,3,8H2,1-2H3,(H,17,18). The van der Waals surface area contributed by atoms with E-state index in [-0.39, 0.29) is 5.91 Å². The van der Waals surface area contributed by atoms with Crippen LogP contribution < -0.4 is 10.6 Å². The molecule has 2 aromatic rings. The lowest BCUT2D eigenvalue weighted by molar-refractivity contribution is 0.102. The summed E-state index contributed by atoms with van der Waals surface area (Å²) < 4.78 is 0. The number of nitrogens with zero attached hydrogens (tertiary/aromatic N) is 1. The summed E-state index contributed by atoms with van der Waals surface area (Å²) in [4.78, 5) is 16.9. The van der Waals surface area contributed by atoms with E-state index in [1.807, 2.05) is 31.2 Å². The molecule has 0 aliphatic carbocycles. The Morgan fingerprint density at radius 2 is 2.16 bits per heavy atom. The summed E-state index contributed by atoms with van der Waals surface area (Å²) in [5, 5.41) is 6.22. The van der Waals surface area contributed by atoms with Crippen LogP contribution in [-0.4, -0.2) is 17.4 Å². The average Bonchev–Trinajstić information content (AvgIpc) is 2.84. The molecule has 19 heavy (non-hydrogen) atoms. The van der Waals surface area contributed by atoms with Crippen molar-refractivity contribution in [3.63, 3.8) is 0 Å². The van der Waals surface area contributed by atoms with Gasteiger partial charge in [0.1, 0.15) is 4.88 Å². The van der Waals surface area contributed by atoms with E-state index in [2.05, 4.69) is 22.5 Å². The number of carbonyl (C=O) groups excluding carboxylic acids is 1. The van der Waals surface area contributed by atoms with Gasteiger partial charge in [-0.15, -0.1) is 11.3 Å². The monoisotopic (exact) mass is 275 g/mol. The Hall–Kier alpha value is -1.72. The summed E-state index contributed by atoms with van der Waals surface area (Å²) in [6, 6.07) is 7.82. The van der Waals surface area contributed by atoms with Gasteiger partial charge in [0, 0.05) is 12.2 Å². The van der Waals surface area contributed by atoms with Crippen LogP contribution in [0.5, 0.6) is 0 Å². The maximum Gasteiger partial charge on any atom is 0.267 e. The second-order valence-corrected chi connectivity index (χ2v) is 5.01. The first-order valence-electron chi connectivity index (χ1n) is 6.22. The predicted octanol–water partition coefficient (Wildman–Crippen LogP) is 2.81. The second-order valence-electron chi connectivity index (χ2n) is 4.16. The van der Waals surface area contributed by atoms with Gasteiger partial charge < -0.3 is 10.6 Å². The Bertz CT molecular complexity index is 565. The molecule has 5 heteroatoms. The van der Waals surface area contributed by atoms with Gasteiger partial charge in [-0.1, -0.05) is 25.1 Å². The van der Waals surface area contributed by atoms with Crippen molar-refractivity contribution in [2.45, 2.75) is 20.4 Å². The minimum atomic E-state index is -0.0936. The fourth-order valence-electron chi connectivity index (χ4n) is 1.75. The summed E-state index contributed by atoms with van der Waals surface area (Å²) in [5.41, 5.74) is 4.39. The highest BCUT2D eigenvalue weighted by Crippen LogP contribution is 2.18. The lowest BCUT2D eigenvalue weighted by atomic mass is 10.1. The van der Waals surface area contributed by atoms with Gasteiger partial charge in [0.15, 0.2) is 0 Å². The largest absolute Gasteiger partial charge is 0.321 e. The molecule has 100 valence electrons. The minimum Gasteiger partial charge on any atom is -0.321 e. The van der Waals surface area contributed by atoms with Crippen LogP contribution in [0.1, 0.15) is 27.9 Å². The van der Waals surface area contributed by atoms with Gasteiger partial charge in [-0.05, 0) is 25.1 Å². The van der Waals surface area contributed by atoms with Gasteiger partial charge in [-0.3, -0.25) is 4.79 Å². The number of anilines is 1. The lowest BCUT2D eigenvalue weighted by Gasteiger charge is -2.10. The molecule has 4 nitrogen and oxygen atoms in total. The molecule has 0 saturated heterocycles. The molecule has 0 bridgehead atoms. The smallest absolute Gasteiger partial charge is 0.267 e. The number of amides is 1. The molecule has 0 atom stereocenters. The van der Waals surface area contributed by atoms with Gasteiger partial charge >= 0.3 is 0 Å². The Kier molecular flexibility index (Phi) is 4.65. The number of aromatic nitrogens is 1. The van der Waals surface area contributed by atoms with Gasteiger partial charge in [-0.25, -0.2) is 4.98 Å². The van der Waals surface area contributed by atoms with E-state index in [9.17, 15) is 4.79 Å². The van der Waals surface area contributed by atoms with Crippen molar-refractivity contribution in [2.24, 2.45) is 0 Å². The number of hydrogen-bond donors (Lipinski definition) is 2. The maximum absolute atomic E-state index is 12.2. The van der Waals surface area contributed by atoms with Crippen molar-refractivity contribution in [3.8, 4) is 0 Å². The van der Waals surface area contributed by atoms with Gasteiger partial charge in [0.2, 0.25) is 0 Å². The van der Waals surface area contributed by atoms with E-state index in [1.54, 1.807) is 5.51 Å². The third-order valence-corrected chi connectivity index (χ3v) is 3.71. The van der Waals surface area contributed by atoms with E-state index in [0.29, 0.717) is 4.88 Å². The molecule has 0 spiro atoms. The molecule has 2 N–H and O–H groups in total. The molecule has 0 saturated carbocycles. The number of aryl methyl sites for hydroxylation is 1. The van der Waals surface area contributed by atoms with Crippen LogP contribution in [0.2, 0.25) is 0 Å². The first-order valence-corrected chi connectivity index (χ1v) is 7.10. The zero-order chi connectivity index (χ0) is 13.7. The van der Waals surface area contributed by atoms with Crippen molar-refractivity contribution in [3.05, 3.63) is 45.9 Å². The zero-order valence-corrected chi connectivity index (χ0v) is 11.9. The first kappa shape index (κ1) is 13.7. The number of hydrogen-bond acceptors (Lipinski definition) is 4. The van der Waals surface area contributed by atoms with Gasteiger partial charge in [0.05, 0.1) is 11.2 Å². The second kappa shape index (κ2) is 6.45. The van der Waals surface area contributed by atoms with E-state index in [4.69, 9.17) is 0 Å². The Morgan fingerprint density at radius 3 is 2.84 bits per heavy atom. The molecule has 2 rings (SSSR count). The molecule has 0 radical (unpaired) electrons. The van der Waals surface area contributed by atoms with E-state index in [1.165, 1.54) is 11.3 Å². The molecule has 0 fully saturated rings. The van der Waals surface area contributed by atoms with E-state index in [0.717, 1.165) is 30.0 Å². The molecule has 1 aromatic carbocycles.